The van der Waals surface area contributed by atoms with Crippen LogP contribution in [0.3, 0.4) is 0 Å². The van der Waals surface area contributed by atoms with Crippen molar-refractivity contribution >= 4 is 11.0 Å². The highest BCUT2D eigenvalue weighted by Gasteiger charge is 2.30. The van der Waals surface area contributed by atoms with Crippen molar-refractivity contribution in [3.8, 4) is 22.8 Å². The van der Waals surface area contributed by atoms with Crippen molar-refractivity contribution < 1.29 is 27.2 Å². The molecule has 0 saturated heterocycles. The number of fused-ring (bicyclic) bond motifs is 1. The molecule has 0 fully saturated rings. The van der Waals surface area contributed by atoms with Gasteiger partial charge in [0.2, 0.25) is 0 Å². The molecule has 0 N–H and O–H groups in total. The molecule has 1 aliphatic carbocycles. The Morgan fingerprint density at radius 3 is 2.52 bits per heavy atom. The zero-order chi connectivity index (χ0) is 18.9. The van der Waals surface area contributed by atoms with Crippen molar-refractivity contribution in [2.45, 2.75) is 12.8 Å². The first-order valence-corrected chi connectivity index (χ1v) is 8.22. The van der Waals surface area contributed by atoms with Gasteiger partial charge in [-0.3, -0.25) is 0 Å². The van der Waals surface area contributed by atoms with Gasteiger partial charge < -0.3 is 14.0 Å². The van der Waals surface area contributed by atoms with Crippen LogP contribution in [0.15, 0.2) is 70.8 Å². The van der Waals surface area contributed by atoms with Gasteiger partial charge in [0.15, 0.2) is 5.58 Å². The molecule has 4 rings (SSSR count). The van der Waals surface area contributed by atoms with Crippen LogP contribution in [0.4, 0.5) is 13.2 Å². The number of ether oxygens (including phenoxy) is 2. The second-order valence-corrected chi connectivity index (χ2v) is 5.98. The smallest absolute Gasteiger partial charge is 0.470 e. The summed E-state index contributed by atoms with van der Waals surface area (Å²) < 4.78 is 51.7. The minimum absolute atomic E-state index is 0.265. The molecule has 0 spiro atoms. The minimum atomic E-state index is -4.71. The van der Waals surface area contributed by atoms with Crippen LogP contribution in [-0.2, 0) is 0 Å². The van der Waals surface area contributed by atoms with Crippen LogP contribution < -0.4 is 9.47 Å². The van der Waals surface area contributed by atoms with E-state index >= 15 is 0 Å². The third-order valence-electron chi connectivity index (χ3n) is 4.08. The van der Waals surface area contributed by atoms with Crippen LogP contribution in [0.25, 0.3) is 22.1 Å². The van der Waals surface area contributed by atoms with Crippen LogP contribution in [0.2, 0.25) is 0 Å². The Hall–Kier alpha value is -3.22. The number of benzene rings is 2. The molecule has 0 bridgehead atoms. The largest absolute Gasteiger partial charge is 0.573 e. The van der Waals surface area contributed by atoms with E-state index in [9.17, 15) is 13.2 Å². The number of hydrogen-bond donors (Lipinski definition) is 0. The molecular formula is C20H14F3NO3. The molecule has 1 heterocycles. The molecule has 4 nitrogen and oxygen atoms in total. The van der Waals surface area contributed by atoms with Crippen LogP contribution >= 0.6 is 0 Å². The van der Waals surface area contributed by atoms with Gasteiger partial charge in [-0.25, -0.2) is 0 Å². The summed E-state index contributed by atoms with van der Waals surface area (Å²) in [7, 11) is 0. The standard InChI is InChI=1S/C20H14F3NO3/c21-20(22,23)26-16-8-5-14(6-9-16)15-7-10-18-17(11-15)19(24-27-18)25-12-13-3-1-2-4-13/h1,3-11H,2,12H2. The third-order valence-corrected chi connectivity index (χ3v) is 4.08. The lowest BCUT2D eigenvalue weighted by Crippen LogP contribution is -2.16. The van der Waals surface area contributed by atoms with E-state index in [2.05, 4.69) is 16.0 Å². The highest BCUT2D eigenvalue weighted by molar-refractivity contribution is 5.87. The lowest BCUT2D eigenvalue weighted by atomic mass is 10.0. The summed E-state index contributed by atoms with van der Waals surface area (Å²) in [5, 5.41) is 4.65. The molecule has 0 unspecified atom stereocenters. The van der Waals surface area contributed by atoms with E-state index in [4.69, 9.17) is 9.26 Å². The van der Waals surface area contributed by atoms with Crippen molar-refractivity contribution in [3.05, 3.63) is 66.3 Å². The summed E-state index contributed by atoms with van der Waals surface area (Å²) in [4.78, 5) is 0. The van der Waals surface area contributed by atoms with Gasteiger partial charge in [-0.05, 0) is 52.5 Å². The van der Waals surface area contributed by atoms with Gasteiger partial charge >= 0.3 is 6.36 Å². The summed E-state index contributed by atoms with van der Waals surface area (Å²) in [5.41, 5.74) is 3.18. The van der Waals surface area contributed by atoms with Gasteiger partial charge in [0.25, 0.3) is 5.88 Å². The molecular weight excluding hydrogens is 359 g/mol. The summed E-state index contributed by atoms with van der Waals surface area (Å²) >= 11 is 0. The highest BCUT2D eigenvalue weighted by atomic mass is 19.4. The Bertz CT molecular complexity index is 1020. The Morgan fingerprint density at radius 1 is 1.04 bits per heavy atom. The highest BCUT2D eigenvalue weighted by Crippen LogP contribution is 2.32. The van der Waals surface area contributed by atoms with E-state index in [1.54, 1.807) is 24.3 Å². The monoisotopic (exact) mass is 373 g/mol. The van der Waals surface area contributed by atoms with Gasteiger partial charge in [0.05, 0.1) is 5.39 Å². The molecule has 138 valence electrons. The molecule has 1 aromatic heterocycles. The normalized spacial score (nSPS) is 13.8. The number of allylic oxidation sites excluding steroid dienone is 2. The zero-order valence-corrected chi connectivity index (χ0v) is 14.0. The number of hydrogen-bond acceptors (Lipinski definition) is 4. The van der Waals surface area contributed by atoms with E-state index in [1.807, 2.05) is 18.2 Å². The first-order chi connectivity index (χ1) is 13.0. The number of rotatable bonds is 5. The predicted octanol–water partition coefficient (Wildman–Crippen LogP) is 5.66. The van der Waals surface area contributed by atoms with Crippen molar-refractivity contribution in [2.24, 2.45) is 0 Å². The fourth-order valence-electron chi connectivity index (χ4n) is 2.81. The van der Waals surface area contributed by atoms with E-state index in [0.29, 0.717) is 23.5 Å². The zero-order valence-electron chi connectivity index (χ0n) is 14.0. The molecule has 7 heteroatoms. The van der Waals surface area contributed by atoms with E-state index in [-0.39, 0.29) is 5.75 Å². The summed E-state index contributed by atoms with van der Waals surface area (Å²) in [6, 6.07) is 11.1. The van der Waals surface area contributed by atoms with Gasteiger partial charge in [0.1, 0.15) is 12.4 Å². The number of alkyl halides is 3. The average Bonchev–Trinajstić information content (AvgIpc) is 3.28. The van der Waals surface area contributed by atoms with Crippen LogP contribution in [0, 0.1) is 0 Å². The number of aromatic nitrogens is 1. The first kappa shape index (κ1) is 17.2. The molecule has 3 aromatic rings. The fraction of sp³-hybridized carbons (Fsp3) is 0.150. The quantitative estimate of drug-likeness (QED) is 0.579. The number of nitrogens with zero attached hydrogens (tertiary/aromatic N) is 1. The molecule has 0 atom stereocenters. The average molecular weight is 373 g/mol. The van der Waals surface area contributed by atoms with Crippen molar-refractivity contribution in [3.63, 3.8) is 0 Å². The Kier molecular flexibility index (Phi) is 4.35. The lowest BCUT2D eigenvalue weighted by Gasteiger charge is -2.09. The topological polar surface area (TPSA) is 44.5 Å². The minimum Gasteiger partial charge on any atom is -0.470 e. The maximum Gasteiger partial charge on any atom is 0.573 e. The SMILES string of the molecule is FC(F)(F)Oc1ccc(-c2ccc3onc(OCC4=CCC=C4)c3c2)cc1. The molecule has 0 amide bonds. The van der Waals surface area contributed by atoms with E-state index in [1.165, 1.54) is 12.1 Å². The maximum atomic E-state index is 12.3. The maximum absolute atomic E-state index is 12.3. The Labute approximate surface area is 152 Å². The summed E-state index contributed by atoms with van der Waals surface area (Å²) in [6.07, 6.45) is 2.30. The number of halogens is 3. The van der Waals surface area contributed by atoms with Gasteiger partial charge in [-0.1, -0.05) is 36.4 Å². The molecule has 0 aliphatic heterocycles. The third kappa shape index (κ3) is 3.97. The second-order valence-electron chi connectivity index (χ2n) is 5.98. The van der Waals surface area contributed by atoms with Crippen molar-refractivity contribution in [2.75, 3.05) is 6.61 Å². The predicted molar refractivity (Wildman–Crippen MR) is 93.5 cm³/mol. The molecule has 0 saturated carbocycles. The van der Waals surface area contributed by atoms with Crippen molar-refractivity contribution in [1.29, 1.82) is 0 Å². The lowest BCUT2D eigenvalue weighted by molar-refractivity contribution is -0.274. The van der Waals surface area contributed by atoms with Crippen LogP contribution in [0.5, 0.6) is 11.6 Å². The Morgan fingerprint density at radius 2 is 1.81 bits per heavy atom. The van der Waals surface area contributed by atoms with Crippen LogP contribution in [-0.4, -0.2) is 18.1 Å². The molecule has 2 aromatic carbocycles. The van der Waals surface area contributed by atoms with Crippen LogP contribution in [0.1, 0.15) is 6.42 Å². The van der Waals surface area contributed by atoms with Gasteiger partial charge in [-0.2, -0.15) is 0 Å². The fourth-order valence-corrected chi connectivity index (χ4v) is 2.81. The van der Waals surface area contributed by atoms with E-state index < -0.39 is 6.36 Å². The molecule has 27 heavy (non-hydrogen) atoms. The molecule has 1 aliphatic rings. The Balaban J connectivity index is 1.57. The summed E-state index contributed by atoms with van der Waals surface area (Å²) in [6.45, 7) is 0.395. The van der Waals surface area contributed by atoms with Crippen molar-refractivity contribution in [1.82, 2.24) is 5.16 Å². The molecule has 0 radical (unpaired) electrons. The second kappa shape index (κ2) is 6.83. The van der Waals surface area contributed by atoms with Gasteiger partial charge in [0, 0.05) is 0 Å². The van der Waals surface area contributed by atoms with Gasteiger partial charge in [-0.15, -0.1) is 13.2 Å². The summed E-state index contributed by atoms with van der Waals surface area (Å²) in [5.74, 6) is 0.115. The first-order valence-electron chi connectivity index (χ1n) is 8.22. The van der Waals surface area contributed by atoms with E-state index in [0.717, 1.165) is 23.1 Å².